The predicted octanol–water partition coefficient (Wildman–Crippen LogP) is 2.25. The number of nitrogens with zero attached hydrogens (tertiary/aromatic N) is 3. The van der Waals surface area contributed by atoms with Gasteiger partial charge in [0, 0.05) is 30.5 Å². The van der Waals surface area contributed by atoms with Gasteiger partial charge >= 0.3 is 0 Å². The van der Waals surface area contributed by atoms with Crippen LogP contribution in [0.2, 0.25) is 0 Å². The highest BCUT2D eigenvalue weighted by Gasteiger charge is 2.22. The second kappa shape index (κ2) is 7.13. The third kappa shape index (κ3) is 3.36. The van der Waals surface area contributed by atoms with Gasteiger partial charge in [-0.1, -0.05) is 13.8 Å². The molecule has 1 heterocycles. The molecule has 21 heavy (non-hydrogen) atoms. The average Bonchev–Trinajstić information content (AvgIpc) is 2.54. The quantitative estimate of drug-likeness (QED) is 0.885. The van der Waals surface area contributed by atoms with Crippen molar-refractivity contribution in [3.05, 3.63) is 36.2 Å². The van der Waals surface area contributed by atoms with E-state index in [1.165, 1.54) is 0 Å². The molecule has 0 fully saturated rings. The number of carbonyl (C=O) groups excluding carboxylic acids is 1. The summed E-state index contributed by atoms with van der Waals surface area (Å²) in [5, 5.41) is 9.23. The smallest absolute Gasteiger partial charge is 0.254 e. The molecule has 5 nitrogen and oxygen atoms in total. The topological polar surface area (TPSA) is 66.3 Å². The fraction of sp³-hybridized carbons (Fsp3) is 0.438. The van der Waals surface area contributed by atoms with Gasteiger partial charge in [-0.25, -0.2) is 0 Å². The normalized spacial score (nSPS) is 11.0. The van der Waals surface area contributed by atoms with Crippen molar-refractivity contribution in [1.82, 2.24) is 14.9 Å². The summed E-state index contributed by atoms with van der Waals surface area (Å²) >= 11 is 0. The van der Waals surface area contributed by atoms with Crippen molar-refractivity contribution in [3.63, 3.8) is 0 Å². The molecular weight excluding hydrogens is 266 g/mol. The van der Waals surface area contributed by atoms with E-state index in [-0.39, 0.29) is 18.6 Å². The zero-order valence-electron chi connectivity index (χ0n) is 12.5. The van der Waals surface area contributed by atoms with Crippen LogP contribution >= 0.6 is 0 Å². The summed E-state index contributed by atoms with van der Waals surface area (Å²) in [6.45, 7) is 4.43. The van der Waals surface area contributed by atoms with E-state index in [1.54, 1.807) is 35.5 Å². The summed E-state index contributed by atoms with van der Waals surface area (Å²) in [6, 6.07) is 5.48. The lowest BCUT2D eigenvalue weighted by Gasteiger charge is -2.30. The van der Waals surface area contributed by atoms with Crippen LogP contribution in [-0.2, 0) is 0 Å². The second-order valence-electron chi connectivity index (χ2n) is 4.95. The van der Waals surface area contributed by atoms with Crippen molar-refractivity contribution in [2.24, 2.45) is 0 Å². The summed E-state index contributed by atoms with van der Waals surface area (Å²) in [6.07, 6.45) is 4.99. The largest absolute Gasteiger partial charge is 0.395 e. The highest BCUT2D eigenvalue weighted by molar-refractivity contribution is 5.97. The zero-order valence-corrected chi connectivity index (χ0v) is 12.5. The summed E-state index contributed by atoms with van der Waals surface area (Å²) in [7, 11) is 0. The first-order chi connectivity index (χ1) is 10.2. The number of fused-ring (bicyclic) bond motifs is 1. The number of aliphatic hydroxyl groups is 1. The first-order valence-electron chi connectivity index (χ1n) is 7.33. The molecule has 2 aromatic rings. The number of aliphatic hydroxyl groups excluding tert-OH is 1. The Morgan fingerprint density at radius 1 is 1.19 bits per heavy atom. The molecular formula is C16H21N3O2. The van der Waals surface area contributed by atoms with E-state index in [0.717, 1.165) is 18.4 Å². The van der Waals surface area contributed by atoms with Gasteiger partial charge in [0.25, 0.3) is 5.91 Å². The molecule has 1 aromatic carbocycles. The van der Waals surface area contributed by atoms with Crippen LogP contribution in [0, 0.1) is 0 Å². The highest BCUT2D eigenvalue weighted by Crippen LogP contribution is 2.16. The number of amides is 1. The van der Waals surface area contributed by atoms with Crippen molar-refractivity contribution >= 4 is 16.9 Å². The van der Waals surface area contributed by atoms with Crippen molar-refractivity contribution in [2.45, 2.75) is 32.7 Å². The van der Waals surface area contributed by atoms with Gasteiger partial charge in [-0.3, -0.25) is 14.8 Å². The Morgan fingerprint density at radius 3 is 2.48 bits per heavy atom. The molecule has 1 N–H and O–H groups in total. The molecule has 0 radical (unpaired) electrons. The maximum absolute atomic E-state index is 12.7. The highest BCUT2D eigenvalue weighted by atomic mass is 16.3. The van der Waals surface area contributed by atoms with E-state index >= 15 is 0 Å². The van der Waals surface area contributed by atoms with Crippen LogP contribution in [0.1, 0.15) is 37.0 Å². The molecule has 0 saturated heterocycles. The van der Waals surface area contributed by atoms with Gasteiger partial charge in [-0.05, 0) is 31.0 Å². The molecule has 2 rings (SSSR count). The Labute approximate surface area is 124 Å². The third-order valence-electron chi connectivity index (χ3n) is 3.70. The average molecular weight is 287 g/mol. The van der Waals surface area contributed by atoms with Crippen LogP contribution in [-0.4, -0.2) is 45.1 Å². The Balaban J connectivity index is 2.33. The zero-order chi connectivity index (χ0) is 15.2. The van der Waals surface area contributed by atoms with Gasteiger partial charge in [-0.15, -0.1) is 0 Å². The molecule has 5 heteroatoms. The van der Waals surface area contributed by atoms with E-state index in [1.807, 2.05) is 0 Å². The minimum absolute atomic E-state index is 0.0321. The van der Waals surface area contributed by atoms with Crippen molar-refractivity contribution in [2.75, 3.05) is 13.2 Å². The van der Waals surface area contributed by atoms with Crippen LogP contribution < -0.4 is 0 Å². The van der Waals surface area contributed by atoms with Gasteiger partial charge in [-0.2, -0.15) is 0 Å². The predicted molar refractivity (Wildman–Crippen MR) is 82.0 cm³/mol. The molecule has 0 aliphatic rings. The molecule has 0 bridgehead atoms. The minimum atomic E-state index is -0.0645. The van der Waals surface area contributed by atoms with Crippen LogP contribution in [0.5, 0.6) is 0 Å². The third-order valence-corrected chi connectivity index (χ3v) is 3.70. The molecule has 0 aliphatic heterocycles. The fourth-order valence-electron chi connectivity index (χ4n) is 2.55. The van der Waals surface area contributed by atoms with Crippen LogP contribution in [0.4, 0.5) is 0 Å². The Bertz CT molecular complexity index is 611. The molecule has 1 aromatic heterocycles. The SMILES string of the molecule is CCC(CC)N(CCO)C(=O)c1ccc2nccnc2c1. The monoisotopic (exact) mass is 287 g/mol. The summed E-state index contributed by atoms with van der Waals surface area (Å²) < 4.78 is 0. The number of hydrogen-bond acceptors (Lipinski definition) is 4. The number of aromatic nitrogens is 2. The van der Waals surface area contributed by atoms with E-state index in [0.29, 0.717) is 17.6 Å². The number of rotatable bonds is 6. The fourth-order valence-corrected chi connectivity index (χ4v) is 2.55. The van der Waals surface area contributed by atoms with Crippen molar-refractivity contribution in [3.8, 4) is 0 Å². The van der Waals surface area contributed by atoms with Crippen LogP contribution in [0.3, 0.4) is 0 Å². The first-order valence-corrected chi connectivity index (χ1v) is 7.33. The molecule has 1 amide bonds. The van der Waals surface area contributed by atoms with E-state index in [2.05, 4.69) is 23.8 Å². The molecule has 0 aliphatic carbocycles. The minimum Gasteiger partial charge on any atom is -0.395 e. The number of benzene rings is 1. The van der Waals surface area contributed by atoms with Gasteiger partial charge in [0.05, 0.1) is 17.6 Å². The lowest BCUT2D eigenvalue weighted by Crippen LogP contribution is -2.41. The van der Waals surface area contributed by atoms with Gasteiger partial charge < -0.3 is 10.0 Å². The van der Waals surface area contributed by atoms with Gasteiger partial charge in [0.2, 0.25) is 0 Å². The standard InChI is InChI=1S/C16H21N3O2/c1-3-13(4-2)19(9-10-20)16(21)12-5-6-14-15(11-12)18-8-7-17-14/h5-8,11,13,20H,3-4,9-10H2,1-2H3. The molecule has 0 spiro atoms. The number of carbonyl (C=O) groups is 1. The first kappa shape index (κ1) is 15.4. The molecule has 0 atom stereocenters. The van der Waals surface area contributed by atoms with Crippen molar-refractivity contribution < 1.29 is 9.90 Å². The van der Waals surface area contributed by atoms with Gasteiger partial charge in [0.1, 0.15) is 0 Å². The van der Waals surface area contributed by atoms with Crippen LogP contribution in [0.25, 0.3) is 11.0 Å². The Kier molecular flexibility index (Phi) is 5.22. The molecule has 0 unspecified atom stereocenters. The maximum Gasteiger partial charge on any atom is 0.254 e. The molecule has 0 saturated carbocycles. The van der Waals surface area contributed by atoms with Crippen molar-refractivity contribution in [1.29, 1.82) is 0 Å². The summed E-state index contributed by atoms with van der Waals surface area (Å²) in [5.74, 6) is -0.0645. The van der Waals surface area contributed by atoms with Crippen LogP contribution in [0.15, 0.2) is 30.6 Å². The lowest BCUT2D eigenvalue weighted by atomic mass is 10.1. The number of hydrogen-bond donors (Lipinski definition) is 1. The van der Waals surface area contributed by atoms with Gasteiger partial charge in [0.15, 0.2) is 0 Å². The summed E-state index contributed by atoms with van der Waals surface area (Å²) in [4.78, 5) is 22.9. The maximum atomic E-state index is 12.7. The van der Waals surface area contributed by atoms with E-state index in [9.17, 15) is 9.90 Å². The summed E-state index contributed by atoms with van der Waals surface area (Å²) in [5.41, 5.74) is 2.06. The Morgan fingerprint density at radius 2 is 1.86 bits per heavy atom. The Hall–Kier alpha value is -2.01. The molecule has 112 valence electrons. The lowest BCUT2D eigenvalue weighted by molar-refractivity contribution is 0.0622. The van der Waals surface area contributed by atoms with E-state index < -0.39 is 0 Å². The second-order valence-corrected chi connectivity index (χ2v) is 4.95. The van der Waals surface area contributed by atoms with E-state index in [4.69, 9.17) is 0 Å².